The molecule has 1 aliphatic heterocycles. The van der Waals surface area contributed by atoms with Gasteiger partial charge in [-0.1, -0.05) is 48.0 Å². The molecule has 0 fully saturated rings. The molecule has 0 saturated heterocycles. The molecule has 1 N–H and O–H groups in total. The lowest BCUT2D eigenvalue weighted by atomic mass is 9.96. The molecular weight excluding hydrogens is 441 g/mol. The number of benzene rings is 3. The lowest BCUT2D eigenvalue weighted by molar-refractivity contribution is 0.0746. The molecule has 5 nitrogen and oxygen atoms in total. The van der Waals surface area contributed by atoms with Crippen LogP contribution >= 0.6 is 11.6 Å². The molecule has 1 atom stereocenters. The number of fused-ring (bicyclic) bond motifs is 1. The topological polar surface area (TPSA) is 58.2 Å². The van der Waals surface area contributed by atoms with E-state index < -0.39 is 0 Å². The van der Waals surface area contributed by atoms with Gasteiger partial charge in [0.05, 0.1) is 18.8 Å². The number of hydrogen-bond donors (Lipinski definition) is 1. The van der Waals surface area contributed by atoms with Crippen LogP contribution in [0, 0.1) is 5.82 Å². The van der Waals surface area contributed by atoms with E-state index in [1.54, 1.807) is 31.4 Å². The number of aromatic nitrogens is 2. The van der Waals surface area contributed by atoms with Crippen LogP contribution in [0.4, 0.5) is 4.39 Å². The number of H-pyrrole nitrogens is 1. The van der Waals surface area contributed by atoms with E-state index in [2.05, 4.69) is 10.2 Å². The number of carbonyl (C=O) groups excluding carboxylic acids is 1. The van der Waals surface area contributed by atoms with E-state index in [0.29, 0.717) is 29.4 Å². The Labute approximate surface area is 195 Å². The van der Waals surface area contributed by atoms with Gasteiger partial charge in [-0.15, -0.1) is 0 Å². The molecule has 7 heteroatoms. The zero-order valence-electron chi connectivity index (χ0n) is 17.9. The van der Waals surface area contributed by atoms with Gasteiger partial charge in [0.2, 0.25) is 0 Å². The van der Waals surface area contributed by atoms with Crippen LogP contribution in [0.15, 0.2) is 72.8 Å². The van der Waals surface area contributed by atoms with Crippen LogP contribution in [0.2, 0.25) is 5.02 Å². The number of halogens is 2. The lowest BCUT2D eigenvalue weighted by Crippen LogP contribution is -2.31. The molecule has 1 aliphatic rings. The Morgan fingerprint density at radius 3 is 2.39 bits per heavy atom. The summed E-state index contributed by atoms with van der Waals surface area (Å²) in [5, 5.41) is 8.01. The molecule has 1 unspecified atom stereocenters. The number of nitrogens with one attached hydrogen (secondary N) is 1. The van der Waals surface area contributed by atoms with Gasteiger partial charge in [-0.3, -0.25) is 9.89 Å². The van der Waals surface area contributed by atoms with Crippen LogP contribution in [-0.2, 0) is 6.42 Å². The highest BCUT2D eigenvalue weighted by Crippen LogP contribution is 2.43. The first-order chi connectivity index (χ1) is 16.0. The summed E-state index contributed by atoms with van der Waals surface area (Å²) in [6, 6.07) is 21.1. The minimum atomic E-state index is -0.379. The molecule has 0 saturated carbocycles. The zero-order chi connectivity index (χ0) is 22.9. The summed E-state index contributed by atoms with van der Waals surface area (Å²) in [5.41, 5.74) is 4.72. The third kappa shape index (κ3) is 3.98. The average molecular weight is 462 g/mol. The van der Waals surface area contributed by atoms with E-state index in [1.807, 2.05) is 41.3 Å². The van der Waals surface area contributed by atoms with Crippen LogP contribution in [0.1, 0.15) is 33.2 Å². The fourth-order valence-electron chi connectivity index (χ4n) is 4.29. The predicted octanol–water partition coefficient (Wildman–Crippen LogP) is 5.67. The van der Waals surface area contributed by atoms with Crippen molar-refractivity contribution in [2.75, 3.05) is 13.7 Å². The first kappa shape index (κ1) is 21.2. The summed E-state index contributed by atoms with van der Waals surface area (Å²) >= 11 is 6.06. The molecule has 2 heterocycles. The summed E-state index contributed by atoms with van der Waals surface area (Å²) in [7, 11) is 1.63. The van der Waals surface area contributed by atoms with Gasteiger partial charge < -0.3 is 9.64 Å². The van der Waals surface area contributed by atoms with E-state index in [9.17, 15) is 9.18 Å². The molecule has 0 bridgehead atoms. The number of hydrogen-bond acceptors (Lipinski definition) is 3. The first-order valence-corrected chi connectivity index (χ1v) is 11.0. The van der Waals surface area contributed by atoms with Gasteiger partial charge in [-0.25, -0.2) is 4.39 Å². The smallest absolute Gasteiger partial charge is 0.273 e. The average Bonchev–Trinajstić information content (AvgIpc) is 3.38. The highest BCUT2D eigenvalue weighted by atomic mass is 35.5. The van der Waals surface area contributed by atoms with E-state index in [0.717, 1.165) is 28.0 Å². The van der Waals surface area contributed by atoms with Crippen molar-refractivity contribution in [2.24, 2.45) is 0 Å². The largest absolute Gasteiger partial charge is 0.497 e. The van der Waals surface area contributed by atoms with Crippen LogP contribution in [0.25, 0.3) is 11.3 Å². The van der Waals surface area contributed by atoms with Crippen molar-refractivity contribution in [3.8, 4) is 17.0 Å². The quantitative estimate of drug-likeness (QED) is 0.402. The highest BCUT2D eigenvalue weighted by Gasteiger charge is 2.41. The van der Waals surface area contributed by atoms with Crippen molar-refractivity contribution in [2.45, 2.75) is 12.5 Å². The van der Waals surface area contributed by atoms with Gasteiger partial charge in [-0.05, 0) is 53.9 Å². The Hall–Kier alpha value is -3.64. The molecule has 1 aromatic heterocycles. The number of ether oxygens (including phenoxy) is 1. The van der Waals surface area contributed by atoms with Crippen LogP contribution in [0.5, 0.6) is 5.75 Å². The van der Waals surface area contributed by atoms with Crippen molar-refractivity contribution in [3.05, 3.63) is 106 Å². The predicted molar refractivity (Wildman–Crippen MR) is 125 cm³/mol. The second-order valence-corrected chi connectivity index (χ2v) is 8.35. The standard InChI is InChI=1S/C26H21ClFN3O2/c1-33-21-12-2-16(3-13-21)14-15-31-25(18-6-10-20(28)11-7-18)22-23(29-30-24(22)26(31)32)17-4-8-19(27)9-5-17/h2-13,25H,14-15H2,1H3,(H,29,30). The fraction of sp³-hybridized carbons (Fsp3) is 0.154. The molecule has 0 spiro atoms. The summed E-state index contributed by atoms with van der Waals surface area (Å²) < 4.78 is 18.9. The van der Waals surface area contributed by atoms with Gasteiger partial charge in [0, 0.05) is 22.7 Å². The minimum Gasteiger partial charge on any atom is -0.497 e. The van der Waals surface area contributed by atoms with Gasteiger partial charge in [0.25, 0.3) is 5.91 Å². The summed E-state index contributed by atoms with van der Waals surface area (Å²) in [5.74, 6) is 0.340. The Balaban J connectivity index is 1.53. The SMILES string of the molecule is COc1ccc(CCN2C(=O)c3[nH]nc(-c4ccc(Cl)cc4)c3C2c2ccc(F)cc2)cc1. The maximum atomic E-state index is 13.7. The van der Waals surface area contributed by atoms with Gasteiger partial charge in [0.1, 0.15) is 17.3 Å². The third-order valence-corrected chi connectivity index (χ3v) is 6.22. The monoisotopic (exact) mass is 461 g/mol. The first-order valence-electron chi connectivity index (χ1n) is 10.6. The molecule has 4 aromatic rings. The molecule has 0 radical (unpaired) electrons. The molecule has 166 valence electrons. The van der Waals surface area contributed by atoms with Crippen molar-refractivity contribution in [1.82, 2.24) is 15.1 Å². The van der Waals surface area contributed by atoms with E-state index in [1.165, 1.54) is 12.1 Å². The maximum absolute atomic E-state index is 13.7. The van der Waals surface area contributed by atoms with Gasteiger partial charge >= 0.3 is 0 Å². The van der Waals surface area contributed by atoms with E-state index >= 15 is 0 Å². The third-order valence-electron chi connectivity index (χ3n) is 5.97. The van der Waals surface area contributed by atoms with Crippen molar-refractivity contribution < 1.29 is 13.9 Å². The van der Waals surface area contributed by atoms with Gasteiger partial charge in [-0.2, -0.15) is 5.10 Å². The summed E-state index contributed by atoms with van der Waals surface area (Å²) in [6.07, 6.45) is 0.668. The lowest BCUT2D eigenvalue weighted by Gasteiger charge is -2.26. The van der Waals surface area contributed by atoms with Crippen LogP contribution in [-0.4, -0.2) is 34.7 Å². The number of methoxy groups -OCH3 is 1. The molecule has 3 aromatic carbocycles. The normalized spacial score (nSPS) is 15.1. The number of aromatic amines is 1. The van der Waals surface area contributed by atoms with E-state index in [4.69, 9.17) is 16.3 Å². The van der Waals surface area contributed by atoms with E-state index in [-0.39, 0.29) is 17.8 Å². The number of nitrogens with zero attached hydrogens (tertiary/aromatic N) is 2. The second-order valence-electron chi connectivity index (χ2n) is 7.92. The molecule has 33 heavy (non-hydrogen) atoms. The fourth-order valence-corrected chi connectivity index (χ4v) is 4.41. The van der Waals surface area contributed by atoms with Gasteiger partial charge in [0.15, 0.2) is 0 Å². The summed E-state index contributed by atoms with van der Waals surface area (Å²) in [6.45, 7) is 0.496. The highest BCUT2D eigenvalue weighted by molar-refractivity contribution is 6.30. The Morgan fingerprint density at radius 2 is 1.73 bits per heavy atom. The molecule has 1 amide bonds. The van der Waals surface area contributed by atoms with Crippen molar-refractivity contribution in [3.63, 3.8) is 0 Å². The molecule has 0 aliphatic carbocycles. The van der Waals surface area contributed by atoms with Crippen LogP contribution < -0.4 is 4.74 Å². The number of carbonyl (C=O) groups is 1. The van der Waals surface area contributed by atoms with Crippen LogP contribution in [0.3, 0.4) is 0 Å². The molecular formula is C26H21ClFN3O2. The molecule has 5 rings (SSSR count). The number of rotatable bonds is 6. The Bertz CT molecular complexity index is 1280. The summed E-state index contributed by atoms with van der Waals surface area (Å²) in [4.78, 5) is 15.2. The van der Waals surface area contributed by atoms with Crippen molar-refractivity contribution in [1.29, 1.82) is 0 Å². The second kappa shape index (κ2) is 8.71. The Morgan fingerprint density at radius 1 is 1.03 bits per heavy atom. The zero-order valence-corrected chi connectivity index (χ0v) is 18.6. The minimum absolute atomic E-state index is 0.124. The Kier molecular flexibility index (Phi) is 5.60. The van der Waals surface area contributed by atoms with Crippen molar-refractivity contribution >= 4 is 17.5 Å². The number of amides is 1. The maximum Gasteiger partial charge on any atom is 0.273 e.